The van der Waals surface area contributed by atoms with Gasteiger partial charge in [0.1, 0.15) is 0 Å². The molecule has 0 spiro atoms. The molecule has 0 atom stereocenters. The number of nitrogens with zero attached hydrogens (tertiary/aromatic N) is 1. The lowest BCUT2D eigenvalue weighted by molar-refractivity contribution is 0.152. The zero-order valence-corrected chi connectivity index (χ0v) is 7.34. The van der Waals surface area contributed by atoms with E-state index in [1.165, 1.54) is 7.05 Å². The molecule has 1 amide bonds. The summed E-state index contributed by atoms with van der Waals surface area (Å²) in [5, 5.41) is 5.75. The van der Waals surface area contributed by atoms with E-state index in [2.05, 4.69) is 15.3 Å². The van der Waals surface area contributed by atoms with Crippen molar-refractivity contribution in [1.29, 1.82) is 0 Å². The Balaban J connectivity index is 3.70. The second-order valence-electron chi connectivity index (χ2n) is 3.23. The lowest BCUT2D eigenvalue weighted by atomic mass is 10.00. The van der Waals surface area contributed by atoms with E-state index in [-0.39, 0.29) is 5.41 Å². The van der Waals surface area contributed by atoms with Gasteiger partial charge in [-0.1, -0.05) is 25.9 Å². The summed E-state index contributed by atoms with van der Waals surface area (Å²) >= 11 is 0. The van der Waals surface area contributed by atoms with Crippen molar-refractivity contribution in [3.05, 3.63) is 0 Å². The first kappa shape index (κ1) is 9.94. The summed E-state index contributed by atoms with van der Waals surface area (Å²) in [4.78, 5) is 14.8. The van der Waals surface area contributed by atoms with Crippen molar-refractivity contribution in [1.82, 2.24) is 5.32 Å². The predicted octanol–water partition coefficient (Wildman–Crippen LogP) is 1.37. The number of carbonyl (C=O) groups is 1. The molecule has 4 heteroatoms. The molecule has 0 saturated heterocycles. The molecule has 0 unspecified atom stereocenters. The van der Waals surface area contributed by atoms with E-state index < -0.39 is 6.09 Å². The molecule has 0 aromatic carbocycles. The van der Waals surface area contributed by atoms with Crippen molar-refractivity contribution in [2.45, 2.75) is 20.8 Å². The molecule has 11 heavy (non-hydrogen) atoms. The maximum Gasteiger partial charge on any atom is 0.433 e. The SMILES string of the molecule is CNC(=O)O/N=C/C(C)(C)C. The maximum atomic E-state index is 10.5. The van der Waals surface area contributed by atoms with Crippen molar-refractivity contribution in [2.75, 3.05) is 7.05 Å². The van der Waals surface area contributed by atoms with Crippen LogP contribution in [0.4, 0.5) is 4.79 Å². The number of nitrogens with one attached hydrogen (secondary N) is 1. The highest BCUT2D eigenvalue weighted by Gasteiger charge is 2.05. The summed E-state index contributed by atoms with van der Waals surface area (Å²) in [6.07, 6.45) is 1.02. The summed E-state index contributed by atoms with van der Waals surface area (Å²) in [6, 6.07) is 0. The topological polar surface area (TPSA) is 50.7 Å². The predicted molar refractivity (Wildman–Crippen MR) is 43.5 cm³/mol. The first-order valence-electron chi connectivity index (χ1n) is 3.39. The fourth-order valence-corrected chi connectivity index (χ4v) is 0.278. The molecule has 0 aliphatic heterocycles. The van der Waals surface area contributed by atoms with Crippen LogP contribution in [0.1, 0.15) is 20.8 Å². The molecule has 0 aromatic heterocycles. The standard InChI is InChI=1S/C7H14N2O2/c1-7(2,3)5-9-11-6(10)8-4/h5H,1-4H3,(H,8,10)/b9-5+. The van der Waals surface area contributed by atoms with Crippen LogP contribution in [0.3, 0.4) is 0 Å². The molecule has 0 aromatic rings. The third-order valence-electron chi connectivity index (χ3n) is 0.780. The van der Waals surface area contributed by atoms with Crippen LogP contribution < -0.4 is 5.32 Å². The van der Waals surface area contributed by atoms with Gasteiger partial charge in [-0.2, -0.15) is 0 Å². The zero-order valence-electron chi connectivity index (χ0n) is 7.34. The second kappa shape index (κ2) is 3.95. The Morgan fingerprint density at radius 3 is 2.45 bits per heavy atom. The molecule has 0 radical (unpaired) electrons. The maximum absolute atomic E-state index is 10.5. The number of rotatable bonds is 1. The van der Waals surface area contributed by atoms with Crippen molar-refractivity contribution < 1.29 is 9.63 Å². The molecule has 0 aliphatic rings. The Hall–Kier alpha value is -1.06. The van der Waals surface area contributed by atoms with Gasteiger partial charge in [-0.15, -0.1) is 0 Å². The van der Waals surface area contributed by atoms with Crippen LogP contribution in [0.5, 0.6) is 0 Å². The van der Waals surface area contributed by atoms with Gasteiger partial charge in [-0.05, 0) is 0 Å². The normalized spacial score (nSPS) is 11.6. The van der Waals surface area contributed by atoms with Crippen LogP contribution in [0.25, 0.3) is 0 Å². The molecule has 64 valence electrons. The van der Waals surface area contributed by atoms with E-state index in [0.717, 1.165) is 0 Å². The van der Waals surface area contributed by atoms with Crippen LogP contribution >= 0.6 is 0 Å². The highest BCUT2D eigenvalue weighted by atomic mass is 16.7. The molecule has 0 rings (SSSR count). The van der Waals surface area contributed by atoms with Crippen molar-refractivity contribution in [3.63, 3.8) is 0 Å². The highest BCUT2D eigenvalue weighted by molar-refractivity contribution is 5.69. The van der Waals surface area contributed by atoms with Crippen LogP contribution in [-0.2, 0) is 4.84 Å². The van der Waals surface area contributed by atoms with Gasteiger partial charge in [0.15, 0.2) is 0 Å². The first-order valence-corrected chi connectivity index (χ1v) is 3.39. The van der Waals surface area contributed by atoms with Crippen molar-refractivity contribution in [3.8, 4) is 0 Å². The second-order valence-corrected chi connectivity index (χ2v) is 3.23. The van der Waals surface area contributed by atoms with E-state index in [9.17, 15) is 4.79 Å². The van der Waals surface area contributed by atoms with Gasteiger partial charge in [-0.3, -0.25) is 4.84 Å². The van der Waals surface area contributed by atoms with E-state index >= 15 is 0 Å². The third-order valence-corrected chi connectivity index (χ3v) is 0.780. The highest BCUT2D eigenvalue weighted by Crippen LogP contribution is 2.07. The molecule has 0 aliphatic carbocycles. The monoisotopic (exact) mass is 158 g/mol. The first-order chi connectivity index (χ1) is 4.95. The molecule has 1 N–H and O–H groups in total. The quantitative estimate of drug-likeness (QED) is 0.356. The number of oxime groups is 1. The fraction of sp³-hybridized carbons (Fsp3) is 0.714. The summed E-state index contributed by atoms with van der Waals surface area (Å²) in [6.45, 7) is 5.89. The largest absolute Gasteiger partial charge is 0.433 e. The Morgan fingerprint density at radius 1 is 1.55 bits per heavy atom. The van der Waals surface area contributed by atoms with E-state index in [4.69, 9.17) is 0 Å². The summed E-state index contributed by atoms with van der Waals surface area (Å²) in [5.41, 5.74) is -0.0615. The molecular formula is C7H14N2O2. The molecule has 4 nitrogen and oxygen atoms in total. The smallest absolute Gasteiger partial charge is 0.323 e. The minimum absolute atomic E-state index is 0.0615. The summed E-state index contributed by atoms with van der Waals surface area (Å²) in [7, 11) is 1.48. The van der Waals surface area contributed by atoms with E-state index in [1.807, 2.05) is 20.8 Å². The minimum atomic E-state index is -0.550. The van der Waals surface area contributed by atoms with Crippen LogP contribution in [-0.4, -0.2) is 19.4 Å². The molecular weight excluding hydrogens is 144 g/mol. The number of hydrogen-bond acceptors (Lipinski definition) is 3. The minimum Gasteiger partial charge on any atom is -0.323 e. The molecule has 0 heterocycles. The number of hydrogen-bond donors (Lipinski definition) is 1. The fourth-order valence-electron chi connectivity index (χ4n) is 0.278. The van der Waals surface area contributed by atoms with Crippen LogP contribution in [0.15, 0.2) is 5.16 Å². The van der Waals surface area contributed by atoms with Gasteiger partial charge in [0.05, 0.1) is 0 Å². The molecule has 0 bridgehead atoms. The number of amides is 1. The number of carbonyl (C=O) groups excluding carboxylic acids is 1. The van der Waals surface area contributed by atoms with Crippen LogP contribution in [0.2, 0.25) is 0 Å². The van der Waals surface area contributed by atoms with Gasteiger partial charge < -0.3 is 5.32 Å². The van der Waals surface area contributed by atoms with Crippen molar-refractivity contribution in [2.24, 2.45) is 10.6 Å². The van der Waals surface area contributed by atoms with Gasteiger partial charge in [-0.25, -0.2) is 4.79 Å². The van der Waals surface area contributed by atoms with E-state index in [0.29, 0.717) is 0 Å². The van der Waals surface area contributed by atoms with Gasteiger partial charge in [0.25, 0.3) is 0 Å². The Morgan fingerprint density at radius 2 is 2.09 bits per heavy atom. The average Bonchev–Trinajstić information content (AvgIpc) is 1.85. The zero-order chi connectivity index (χ0) is 8.91. The lowest BCUT2D eigenvalue weighted by Gasteiger charge is -2.08. The van der Waals surface area contributed by atoms with Crippen LogP contribution in [0, 0.1) is 5.41 Å². The lowest BCUT2D eigenvalue weighted by Crippen LogP contribution is -2.17. The Labute approximate surface area is 66.6 Å². The van der Waals surface area contributed by atoms with Gasteiger partial charge in [0, 0.05) is 18.7 Å². The van der Waals surface area contributed by atoms with Gasteiger partial charge in [0.2, 0.25) is 0 Å². The average molecular weight is 158 g/mol. The summed E-state index contributed by atoms with van der Waals surface area (Å²) < 4.78 is 0. The summed E-state index contributed by atoms with van der Waals surface area (Å²) in [5.74, 6) is 0. The Kier molecular flexibility index (Phi) is 3.57. The van der Waals surface area contributed by atoms with Crippen molar-refractivity contribution >= 4 is 12.3 Å². The molecule has 0 saturated carbocycles. The molecule has 0 fully saturated rings. The Bertz CT molecular complexity index is 158. The van der Waals surface area contributed by atoms with Gasteiger partial charge >= 0.3 is 6.09 Å². The van der Waals surface area contributed by atoms with E-state index in [1.54, 1.807) is 6.21 Å². The third kappa shape index (κ3) is 6.83.